The summed E-state index contributed by atoms with van der Waals surface area (Å²) < 4.78 is 30.4. The van der Waals surface area contributed by atoms with Crippen molar-refractivity contribution in [3.63, 3.8) is 0 Å². The summed E-state index contributed by atoms with van der Waals surface area (Å²) >= 11 is 0. The zero-order valence-corrected chi connectivity index (χ0v) is 9.05. The van der Waals surface area contributed by atoms with Gasteiger partial charge in [0.1, 0.15) is 4.90 Å². The molecule has 2 rings (SSSR count). The average Bonchev–Trinajstić information content (AvgIpc) is 2.29. The van der Waals surface area contributed by atoms with Crippen LogP contribution in [0.25, 0.3) is 11.3 Å². The molecule has 0 aliphatic rings. The highest BCUT2D eigenvalue weighted by atomic mass is 32.2. The fourth-order valence-corrected chi connectivity index (χ4v) is 1.74. The van der Waals surface area contributed by atoms with Gasteiger partial charge in [0, 0.05) is 11.8 Å². The van der Waals surface area contributed by atoms with E-state index in [0.717, 1.165) is 11.8 Å². The molecule has 5 heteroatoms. The van der Waals surface area contributed by atoms with Gasteiger partial charge in [-0.1, -0.05) is 30.3 Å². The van der Waals surface area contributed by atoms with Crippen LogP contribution in [0.4, 0.5) is 0 Å². The van der Waals surface area contributed by atoms with Crippen molar-refractivity contribution < 1.29 is 13.0 Å². The normalized spacial score (nSPS) is 11.3. The van der Waals surface area contributed by atoms with Crippen LogP contribution in [-0.4, -0.2) is 18.0 Å². The first-order chi connectivity index (χ1) is 7.57. The van der Waals surface area contributed by atoms with Crippen LogP contribution < -0.4 is 0 Å². The molecule has 2 aromatic rings. The van der Waals surface area contributed by atoms with Crippen LogP contribution >= 0.6 is 0 Å². The highest BCUT2D eigenvalue weighted by Crippen LogP contribution is 2.17. The Bertz CT molecular complexity index is 576. The first-order valence-corrected chi connectivity index (χ1v) is 6.00. The van der Waals surface area contributed by atoms with Crippen molar-refractivity contribution in [3.05, 3.63) is 48.7 Å². The largest absolute Gasteiger partial charge is 0.296 e. The van der Waals surface area contributed by atoms with Gasteiger partial charge >= 0.3 is 0 Å². The first-order valence-electron chi connectivity index (χ1n) is 4.56. The van der Waals surface area contributed by atoms with Gasteiger partial charge in [0.25, 0.3) is 10.1 Å². The maximum absolute atomic E-state index is 10.8. The molecule has 4 nitrogen and oxygen atoms in total. The standard InChI is InChI=1S/C11H9NO3S/c13-16(14,15)10-6-7-11(12-8-10)9-4-2-1-3-5-9/h1-8H,(H,13,14,15). The lowest BCUT2D eigenvalue weighted by Gasteiger charge is -2.01. The van der Waals surface area contributed by atoms with Crippen LogP contribution in [0.1, 0.15) is 0 Å². The van der Waals surface area contributed by atoms with E-state index >= 15 is 0 Å². The van der Waals surface area contributed by atoms with Gasteiger partial charge in [-0.3, -0.25) is 9.54 Å². The van der Waals surface area contributed by atoms with Crippen LogP contribution in [0.3, 0.4) is 0 Å². The Kier molecular flexibility index (Phi) is 2.72. The van der Waals surface area contributed by atoms with Crippen molar-refractivity contribution >= 4 is 10.1 Å². The Labute approximate surface area is 93.3 Å². The minimum absolute atomic E-state index is 0.202. The Balaban J connectivity index is 2.41. The molecule has 0 aliphatic carbocycles. The third-order valence-electron chi connectivity index (χ3n) is 2.10. The summed E-state index contributed by atoms with van der Waals surface area (Å²) in [7, 11) is -4.16. The number of aromatic nitrogens is 1. The van der Waals surface area contributed by atoms with Crippen molar-refractivity contribution in [2.24, 2.45) is 0 Å². The number of pyridine rings is 1. The molecule has 1 heterocycles. The Morgan fingerprint density at radius 2 is 1.69 bits per heavy atom. The van der Waals surface area contributed by atoms with Crippen molar-refractivity contribution in [2.45, 2.75) is 4.90 Å². The van der Waals surface area contributed by atoms with Gasteiger partial charge in [0.2, 0.25) is 0 Å². The molecule has 0 unspecified atom stereocenters. The molecule has 1 N–H and O–H groups in total. The zero-order valence-electron chi connectivity index (χ0n) is 8.24. The molecular formula is C11H9NO3S. The van der Waals surface area contributed by atoms with Gasteiger partial charge < -0.3 is 0 Å². The fourth-order valence-electron chi connectivity index (χ4n) is 1.31. The predicted molar refractivity (Wildman–Crippen MR) is 59.5 cm³/mol. The lowest BCUT2D eigenvalue weighted by atomic mass is 10.1. The predicted octanol–water partition coefficient (Wildman–Crippen LogP) is 2.00. The molecule has 0 bridgehead atoms. The van der Waals surface area contributed by atoms with E-state index in [-0.39, 0.29) is 4.90 Å². The molecule has 0 aliphatic heterocycles. The van der Waals surface area contributed by atoms with Crippen molar-refractivity contribution in [3.8, 4) is 11.3 Å². The second kappa shape index (κ2) is 4.03. The molecular weight excluding hydrogens is 226 g/mol. The molecule has 0 amide bonds. The Morgan fingerprint density at radius 3 is 2.19 bits per heavy atom. The summed E-state index contributed by atoms with van der Waals surface area (Å²) in [6.07, 6.45) is 1.14. The number of hydrogen-bond donors (Lipinski definition) is 1. The molecule has 0 spiro atoms. The maximum Gasteiger partial charge on any atom is 0.296 e. The van der Waals surface area contributed by atoms with Crippen LogP contribution in [0, 0.1) is 0 Å². The van der Waals surface area contributed by atoms with Crippen molar-refractivity contribution in [1.82, 2.24) is 4.98 Å². The van der Waals surface area contributed by atoms with E-state index < -0.39 is 10.1 Å². The summed E-state index contributed by atoms with van der Waals surface area (Å²) in [6.45, 7) is 0. The van der Waals surface area contributed by atoms with Gasteiger partial charge in [-0.2, -0.15) is 8.42 Å². The Morgan fingerprint density at radius 1 is 1.00 bits per heavy atom. The zero-order chi connectivity index (χ0) is 11.6. The minimum Gasteiger partial charge on any atom is -0.282 e. The quantitative estimate of drug-likeness (QED) is 0.808. The molecule has 1 aromatic carbocycles. The van der Waals surface area contributed by atoms with E-state index in [1.807, 2.05) is 30.3 Å². The highest BCUT2D eigenvalue weighted by Gasteiger charge is 2.09. The van der Waals surface area contributed by atoms with Gasteiger partial charge in [0.15, 0.2) is 0 Å². The molecule has 16 heavy (non-hydrogen) atoms. The molecule has 0 fully saturated rings. The van der Waals surface area contributed by atoms with E-state index in [1.165, 1.54) is 6.07 Å². The minimum atomic E-state index is -4.16. The topological polar surface area (TPSA) is 67.3 Å². The smallest absolute Gasteiger partial charge is 0.282 e. The van der Waals surface area contributed by atoms with E-state index in [4.69, 9.17) is 4.55 Å². The molecule has 82 valence electrons. The molecule has 1 aromatic heterocycles. The SMILES string of the molecule is O=S(=O)(O)c1ccc(-c2ccccc2)nc1. The van der Waals surface area contributed by atoms with E-state index in [1.54, 1.807) is 6.07 Å². The van der Waals surface area contributed by atoms with Crippen LogP contribution in [0.5, 0.6) is 0 Å². The lowest BCUT2D eigenvalue weighted by Crippen LogP contribution is -1.98. The summed E-state index contributed by atoms with van der Waals surface area (Å²) in [6, 6.07) is 12.2. The summed E-state index contributed by atoms with van der Waals surface area (Å²) in [4.78, 5) is 3.77. The van der Waals surface area contributed by atoms with Gasteiger partial charge in [-0.25, -0.2) is 0 Å². The van der Waals surface area contributed by atoms with Crippen LogP contribution in [-0.2, 0) is 10.1 Å². The van der Waals surface area contributed by atoms with Crippen LogP contribution in [0.2, 0.25) is 0 Å². The number of hydrogen-bond acceptors (Lipinski definition) is 3. The van der Waals surface area contributed by atoms with Gasteiger partial charge in [-0.05, 0) is 12.1 Å². The second-order valence-electron chi connectivity index (χ2n) is 3.22. The molecule has 0 saturated carbocycles. The van der Waals surface area contributed by atoms with Crippen molar-refractivity contribution in [1.29, 1.82) is 0 Å². The highest BCUT2D eigenvalue weighted by molar-refractivity contribution is 7.85. The number of nitrogens with zero attached hydrogens (tertiary/aromatic N) is 1. The summed E-state index contributed by atoms with van der Waals surface area (Å²) in [5, 5.41) is 0. The second-order valence-corrected chi connectivity index (χ2v) is 4.64. The molecule has 0 saturated heterocycles. The number of benzene rings is 1. The molecule has 0 atom stereocenters. The van der Waals surface area contributed by atoms with Gasteiger partial charge in [0.05, 0.1) is 5.69 Å². The first kappa shape index (κ1) is 10.8. The lowest BCUT2D eigenvalue weighted by molar-refractivity contribution is 0.483. The number of rotatable bonds is 2. The van der Waals surface area contributed by atoms with Crippen molar-refractivity contribution in [2.75, 3.05) is 0 Å². The van der Waals surface area contributed by atoms with Gasteiger partial charge in [-0.15, -0.1) is 0 Å². The monoisotopic (exact) mass is 235 g/mol. The maximum atomic E-state index is 10.8. The fraction of sp³-hybridized carbons (Fsp3) is 0. The van der Waals surface area contributed by atoms with E-state index in [9.17, 15) is 8.42 Å². The third-order valence-corrected chi connectivity index (χ3v) is 2.94. The van der Waals surface area contributed by atoms with Crippen LogP contribution in [0.15, 0.2) is 53.6 Å². The van der Waals surface area contributed by atoms with E-state index in [0.29, 0.717) is 5.69 Å². The molecule has 0 radical (unpaired) electrons. The van der Waals surface area contributed by atoms with E-state index in [2.05, 4.69) is 4.98 Å². The Hall–Kier alpha value is -1.72. The summed E-state index contributed by atoms with van der Waals surface area (Å²) in [5.41, 5.74) is 1.55. The average molecular weight is 235 g/mol. The summed E-state index contributed by atoms with van der Waals surface area (Å²) in [5.74, 6) is 0. The third kappa shape index (κ3) is 2.26.